The monoisotopic (exact) mass is 339 g/mol. The number of hydrogen-bond acceptors (Lipinski definition) is 5. The van der Waals surface area contributed by atoms with E-state index in [1.54, 1.807) is 31.2 Å². The van der Waals surface area contributed by atoms with Crippen LogP contribution < -0.4 is 15.8 Å². The highest BCUT2D eigenvalue weighted by Crippen LogP contribution is 2.39. The lowest BCUT2D eigenvalue weighted by molar-refractivity contribution is -0.129. The molecule has 25 heavy (non-hydrogen) atoms. The highest BCUT2D eigenvalue weighted by Gasteiger charge is 2.18. The number of anilines is 1. The smallest absolute Gasteiger partial charge is 0.335 e. The number of phenolic OH excluding ortho intramolecular Hbond substituents is 1. The van der Waals surface area contributed by atoms with E-state index in [0.717, 1.165) is 18.3 Å². The van der Waals surface area contributed by atoms with Gasteiger partial charge in [0.05, 0.1) is 0 Å². The van der Waals surface area contributed by atoms with E-state index in [4.69, 9.17) is 15.9 Å². The molecule has 130 valence electrons. The molecule has 0 radical (unpaired) electrons. The molecule has 0 saturated heterocycles. The molecule has 0 bridgehead atoms. The van der Waals surface area contributed by atoms with Gasteiger partial charge in [0.2, 0.25) is 0 Å². The summed E-state index contributed by atoms with van der Waals surface area (Å²) in [6, 6.07) is 8.32. The zero-order valence-electron chi connectivity index (χ0n) is 14.2. The maximum Gasteiger partial charge on any atom is 0.335 e. The van der Waals surface area contributed by atoms with Crippen molar-refractivity contribution in [2.45, 2.75) is 13.8 Å². The number of rotatable bonds is 6. The quantitative estimate of drug-likeness (QED) is 0.212. The Bertz CT molecular complexity index is 844. The number of ether oxygens (including phenoxy) is 1. The summed E-state index contributed by atoms with van der Waals surface area (Å²) in [6.07, 6.45) is 1.07. The molecule has 0 aliphatic heterocycles. The Kier molecular flexibility index (Phi) is 5.44. The van der Waals surface area contributed by atoms with Crippen molar-refractivity contribution < 1.29 is 14.6 Å². The van der Waals surface area contributed by atoms with Gasteiger partial charge in [-0.2, -0.15) is 0 Å². The molecule has 0 heterocycles. The average Bonchev–Trinajstić information content (AvgIpc) is 2.57. The Hall–Kier alpha value is -3.28. The van der Waals surface area contributed by atoms with Crippen molar-refractivity contribution in [3.05, 3.63) is 54.1 Å². The van der Waals surface area contributed by atoms with Gasteiger partial charge in [0.1, 0.15) is 17.3 Å². The van der Waals surface area contributed by atoms with Crippen LogP contribution in [0.4, 0.5) is 5.69 Å². The standard InChI is InChI=1S/C19H21N3O3/c1-4-17(24)25-16-9-8-14(19(20)21)18(11(16)3)13-7-6-12(22-5-2)10-15(13)23/h4,6-10,22-23H,1,5H2,2-3H3,(H3,20,21). The van der Waals surface area contributed by atoms with Crippen LogP contribution in [0, 0.1) is 12.3 Å². The van der Waals surface area contributed by atoms with E-state index in [-0.39, 0.29) is 11.6 Å². The molecule has 0 amide bonds. The summed E-state index contributed by atoms with van der Waals surface area (Å²) < 4.78 is 5.23. The molecule has 0 fully saturated rings. The maximum atomic E-state index is 11.5. The number of hydrogen-bond donors (Lipinski definition) is 4. The minimum absolute atomic E-state index is 0.0382. The number of esters is 1. The fourth-order valence-corrected chi connectivity index (χ4v) is 2.58. The minimum Gasteiger partial charge on any atom is -0.507 e. The van der Waals surface area contributed by atoms with Crippen LogP contribution in [0.3, 0.4) is 0 Å². The summed E-state index contributed by atoms with van der Waals surface area (Å²) in [5.41, 5.74) is 8.55. The number of nitrogens with two attached hydrogens (primary N) is 1. The first kappa shape index (κ1) is 18.1. The zero-order valence-corrected chi connectivity index (χ0v) is 14.2. The predicted molar refractivity (Wildman–Crippen MR) is 99.3 cm³/mol. The largest absolute Gasteiger partial charge is 0.507 e. The third-order valence-electron chi connectivity index (χ3n) is 3.73. The van der Waals surface area contributed by atoms with Gasteiger partial charge in [0, 0.05) is 46.6 Å². The number of amidine groups is 1. The molecule has 0 saturated carbocycles. The van der Waals surface area contributed by atoms with Gasteiger partial charge < -0.3 is 20.9 Å². The molecule has 6 nitrogen and oxygen atoms in total. The van der Waals surface area contributed by atoms with E-state index in [9.17, 15) is 9.90 Å². The molecule has 0 aliphatic rings. The second kappa shape index (κ2) is 7.53. The van der Waals surface area contributed by atoms with Gasteiger partial charge in [-0.15, -0.1) is 0 Å². The number of nitrogen functional groups attached to an aromatic ring is 1. The van der Waals surface area contributed by atoms with Gasteiger partial charge in [-0.3, -0.25) is 5.41 Å². The molecule has 5 N–H and O–H groups in total. The summed E-state index contributed by atoms with van der Waals surface area (Å²) in [5, 5.41) is 21.4. The number of benzene rings is 2. The molecule has 2 aromatic carbocycles. The van der Waals surface area contributed by atoms with Gasteiger partial charge in [-0.05, 0) is 38.1 Å². The molecule has 0 spiro atoms. The van der Waals surface area contributed by atoms with E-state index >= 15 is 0 Å². The number of carbonyl (C=O) groups is 1. The van der Waals surface area contributed by atoms with Crippen molar-refractivity contribution in [1.29, 1.82) is 5.41 Å². The number of aromatic hydroxyl groups is 1. The Morgan fingerprint density at radius 2 is 2.12 bits per heavy atom. The normalized spacial score (nSPS) is 10.2. The van der Waals surface area contributed by atoms with Crippen molar-refractivity contribution in [3.8, 4) is 22.6 Å². The Balaban J connectivity index is 2.65. The van der Waals surface area contributed by atoms with Gasteiger partial charge in [-0.1, -0.05) is 6.58 Å². The fourth-order valence-electron chi connectivity index (χ4n) is 2.58. The number of carbonyl (C=O) groups excluding carboxylic acids is 1. The fraction of sp³-hybridized carbons (Fsp3) is 0.158. The maximum absolute atomic E-state index is 11.5. The first-order valence-corrected chi connectivity index (χ1v) is 7.78. The van der Waals surface area contributed by atoms with Crippen LogP contribution in [-0.4, -0.2) is 23.5 Å². The van der Waals surface area contributed by atoms with Gasteiger partial charge in [0.15, 0.2) is 0 Å². The highest BCUT2D eigenvalue weighted by molar-refractivity contribution is 6.03. The summed E-state index contributed by atoms with van der Waals surface area (Å²) in [4.78, 5) is 11.5. The van der Waals surface area contributed by atoms with Gasteiger partial charge >= 0.3 is 5.97 Å². The van der Waals surface area contributed by atoms with Crippen molar-refractivity contribution in [2.75, 3.05) is 11.9 Å². The predicted octanol–water partition coefficient (Wildman–Crippen LogP) is 3.17. The summed E-state index contributed by atoms with van der Waals surface area (Å²) in [7, 11) is 0. The first-order valence-electron chi connectivity index (χ1n) is 7.78. The molecule has 2 aromatic rings. The topological polar surface area (TPSA) is 108 Å². The number of phenols is 1. The van der Waals surface area contributed by atoms with Crippen LogP contribution in [0.1, 0.15) is 18.1 Å². The van der Waals surface area contributed by atoms with Crippen molar-refractivity contribution in [1.82, 2.24) is 0 Å². The zero-order chi connectivity index (χ0) is 18.6. The first-order chi connectivity index (χ1) is 11.9. The second-order valence-electron chi connectivity index (χ2n) is 5.41. The average molecular weight is 339 g/mol. The molecular formula is C19H21N3O3. The van der Waals surface area contributed by atoms with E-state index in [1.807, 2.05) is 13.0 Å². The molecule has 2 rings (SSSR count). The SMILES string of the molecule is C=CC(=O)Oc1ccc(C(=N)N)c(-c2ccc(NCC)cc2O)c1C. The molecular weight excluding hydrogens is 318 g/mol. The van der Waals surface area contributed by atoms with Crippen LogP contribution in [0.5, 0.6) is 11.5 Å². The molecule has 0 aliphatic carbocycles. The molecule has 0 atom stereocenters. The van der Waals surface area contributed by atoms with E-state index in [2.05, 4.69) is 11.9 Å². The van der Waals surface area contributed by atoms with Crippen LogP contribution in [0.25, 0.3) is 11.1 Å². The number of nitrogens with one attached hydrogen (secondary N) is 2. The lowest BCUT2D eigenvalue weighted by Crippen LogP contribution is -2.14. The van der Waals surface area contributed by atoms with Crippen molar-refractivity contribution in [3.63, 3.8) is 0 Å². The summed E-state index contributed by atoms with van der Waals surface area (Å²) in [6.45, 7) is 7.80. The van der Waals surface area contributed by atoms with Crippen LogP contribution >= 0.6 is 0 Å². The Morgan fingerprint density at radius 1 is 1.40 bits per heavy atom. The summed E-state index contributed by atoms with van der Waals surface area (Å²) in [5.74, 6) is -0.373. The van der Waals surface area contributed by atoms with Crippen molar-refractivity contribution in [2.24, 2.45) is 5.73 Å². The van der Waals surface area contributed by atoms with Gasteiger partial charge in [0.25, 0.3) is 0 Å². The Morgan fingerprint density at radius 3 is 2.68 bits per heavy atom. The minimum atomic E-state index is -0.587. The van der Waals surface area contributed by atoms with Crippen LogP contribution in [0.2, 0.25) is 0 Å². The van der Waals surface area contributed by atoms with Crippen LogP contribution in [0.15, 0.2) is 43.0 Å². The van der Waals surface area contributed by atoms with Gasteiger partial charge in [-0.25, -0.2) is 4.79 Å². The third-order valence-corrected chi connectivity index (χ3v) is 3.73. The van der Waals surface area contributed by atoms with Crippen molar-refractivity contribution >= 4 is 17.5 Å². The molecule has 0 unspecified atom stereocenters. The van der Waals surface area contributed by atoms with Crippen LogP contribution in [-0.2, 0) is 4.79 Å². The third kappa shape index (κ3) is 3.80. The lowest BCUT2D eigenvalue weighted by Gasteiger charge is -2.17. The highest BCUT2D eigenvalue weighted by atomic mass is 16.5. The lowest BCUT2D eigenvalue weighted by atomic mass is 9.93. The van der Waals surface area contributed by atoms with E-state index in [0.29, 0.717) is 28.0 Å². The Labute approximate surface area is 146 Å². The van der Waals surface area contributed by atoms with E-state index in [1.165, 1.54) is 0 Å². The molecule has 6 heteroatoms. The molecule has 0 aromatic heterocycles. The van der Waals surface area contributed by atoms with E-state index < -0.39 is 5.97 Å². The summed E-state index contributed by atoms with van der Waals surface area (Å²) >= 11 is 0. The second-order valence-corrected chi connectivity index (χ2v) is 5.41.